The minimum Gasteiger partial charge on any atom is -0.357 e. The van der Waals surface area contributed by atoms with Gasteiger partial charge in [0, 0.05) is 39.1 Å². The number of aryl methyl sites for hydroxylation is 1. The molecule has 1 amide bonds. The van der Waals surface area contributed by atoms with Gasteiger partial charge in [0.2, 0.25) is 0 Å². The molecule has 0 atom stereocenters. The zero-order chi connectivity index (χ0) is 18.9. The van der Waals surface area contributed by atoms with Gasteiger partial charge in [-0.2, -0.15) is 0 Å². The zero-order valence-corrected chi connectivity index (χ0v) is 16.3. The van der Waals surface area contributed by atoms with Crippen LogP contribution in [0.2, 0.25) is 5.02 Å². The molecular weight excluding hydrogens is 350 g/mol. The van der Waals surface area contributed by atoms with Crippen molar-refractivity contribution in [1.82, 2.24) is 20.1 Å². The number of benzene rings is 1. The highest BCUT2D eigenvalue weighted by atomic mass is 35.5. The number of hydrogen-bond acceptors (Lipinski definition) is 2. The standard InChI is InChI=1S/C19H26ClN5O/c1-4-21-19(25(3)14-15-8-7-13-24(15)2)23-12-11-22-18(26)16-9-5-6-10-17(16)20/h5-10,13H,4,11-12,14H2,1-3H3,(H,21,23)(H,22,26). The van der Waals surface area contributed by atoms with Crippen LogP contribution in [0.25, 0.3) is 0 Å². The Morgan fingerprint density at radius 2 is 2.00 bits per heavy atom. The van der Waals surface area contributed by atoms with Gasteiger partial charge in [-0.3, -0.25) is 9.79 Å². The molecule has 2 rings (SSSR count). The third-order valence-corrected chi connectivity index (χ3v) is 4.25. The smallest absolute Gasteiger partial charge is 0.252 e. The lowest BCUT2D eigenvalue weighted by Gasteiger charge is -2.22. The summed E-state index contributed by atoms with van der Waals surface area (Å²) >= 11 is 6.04. The van der Waals surface area contributed by atoms with Crippen LogP contribution >= 0.6 is 11.6 Å². The van der Waals surface area contributed by atoms with Gasteiger partial charge in [0.15, 0.2) is 5.96 Å². The first-order valence-corrected chi connectivity index (χ1v) is 9.03. The largest absolute Gasteiger partial charge is 0.357 e. The van der Waals surface area contributed by atoms with Crippen LogP contribution in [0.15, 0.2) is 47.6 Å². The van der Waals surface area contributed by atoms with E-state index < -0.39 is 0 Å². The molecule has 0 aliphatic carbocycles. The van der Waals surface area contributed by atoms with Gasteiger partial charge in [-0.1, -0.05) is 23.7 Å². The third kappa shape index (κ3) is 5.52. The molecule has 1 aromatic carbocycles. The van der Waals surface area contributed by atoms with E-state index in [2.05, 4.69) is 31.2 Å². The summed E-state index contributed by atoms with van der Waals surface area (Å²) in [6.45, 7) is 4.49. The van der Waals surface area contributed by atoms with E-state index in [1.807, 2.05) is 33.3 Å². The number of hydrogen-bond donors (Lipinski definition) is 2. The van der Waals surface area contributed by atoms with Gasteiger partial charge >= 0.3 is 0 Å². The molecule has 0 saturated heterocycles. The van der Waals surface area contributed by atoms with E-state index in [0.29, 0.717) is 23.7 Å². The van der Waals surface area contributed by atoms with Gasteiger partial charge in [0.05, 0.1) is 23.7 Å². The quantitative estimate of drug-likeness (QED) is 0.444. The first-order chi connectivity index (χ1) is 12.5. The predicted molar refractivity (Wildman–Crippen MR) is 107 cm³/mol. The highest BCUT2D eigenvalue weighted by Gasteiger charge is 2.10. The summed E-state index contributed by atoms with van der Waals surface area (Å²) in [7, 11) is 4.02. The number of nitrogens with one attached hydrogen (secondary N) is 2. The van der Waals surface area contributed by atoms with Crippen molar-refractivity contribution in [3.05, 3.63) is 58.9 Å². The lowest BCUT2D eigenvalue weighted by molar-refractivity contribution is 0.0955. The Balaban J connectivity index is 1.89. The number of guanidine groups is 1. The van der Waals surface area contributed by atoms with Gasteiger partial charge in [-0.15, -0.1) is 0 Å². The molecule has 2 N–H and O–H groups in total. The van der Waals surface area contributed by atoms with Gasteiger partial charge in [0.1, 0.15) is 0 Å². The monoisotopic (exact) mass is 375 g/mol. The highest BCUT2D eigenvalue weighted by molar-refractivity contribution is 6.33. The maximum Gasteiger partial charge on any atom is 0.252 e. The second-order valence-electron chi connectivity index (χ2n) is 5.94. The molecule has 0 unspecified atom stereocenters. The molecule has 0 saturated carbocycles. The van der Waals surface area contributed by atoms with Crippen molar-refractivity contribution in [2.75, 3.05) is 26.7 Å². The molecule has 7 heteroatoms. The molecule has 0 aliphatic heterocycles. The zero-order valence-electron chi connectivity index (χ0n) is 15.5. The first-order valence-electron chi connectivity index (χ1n) is 8.65. The topological polar surface area (TPSA) is 61.7 Å². The Hall–Kier alpha value is -2.47. The Bertz CT molecular complexity index is 756. The molecular formula is C19H26ClN5O. The maximum absolute atomic E-state index is 12.1. The summed E-state index contributed by atoms with van der Waals surface area (Å²) in [5.74, 6) is 0.619. The Kier molecular flexibility index (Phi) is 7.53. The van der Waals surface area contributed by atoms with E-state index in [1.165, 1.54) is 5.69 Å². The summed E-state index contributed by atoms with van der Waals surface area (Å²) < 4.78 is 2.09. The fourth-order valence-corrected chi connectivity index (χ4v) is 2.74. The number of carbonyl (C=O) groups is 1. The van der Waals surface area contributed by atoms with Crippen molar-refractivity contribution in [1.29, 1.82) is 0 Å². The average Bonchev–Trinajstić information content (AvgIpc) is 3.02. The number of aliphatic imine (C=N–C) groups is 1. The van der Waals surface area contributed by atoms with Crippen molar-refractivity contribution < 1.29 is 4.79 Å². The van der Waals surface area contributed by atoms with Crippen LogP contribution < -0.4 is 10.6 Å². The van der Waals surface area contributed by atoms with E-state index >= 15 is 0 Å². The normalized spacial score (nSPS) is 11.3. The molecule has 1 heterocycles. The van der Waals surface area contributed by atoms with Gasteiger partial charge < -0.3 is 20.1 Å². The summed E-state index contributed by atoms with van der Waals surface area (Å²) in [6.07, 6.45) is 2.03. The van der Waals surface area contributed by atoms with E-state index in [4.69, 9.17) is 11.6 Å². The van der Waals surface area contributed by atoms with Crippen LogP contribution in [-0.4, -0.2) is 48.0 Å². The minimum atomic E-state index is -0.187. The average molecular weight is 376 g/mol. The molecule has 0 fully saturated rings. The number of aromatic nitrogens is 1. The lowest BCUT2D eigenvalue weighted by Crippen LogP contribution is -2.39. The van der Waals surface area contributed by atoms with E-state index in [0.717, 1.165) is 19.0 Å². The number of rotatable bonds is 7. The van der Waals surface area contributed by atoms with Crippen LogP contribution in [0, 0.1) is 0 Å². The fourth-order valence-electron chi connectivity index (χ4n) is 2.52. The van der Waals surface area contributed by atoms with Gasteiger partial charge in [-0.05, 0) is 31.2 Å². The Morgan fingerprint density at radius 1 is 1.23 bits per heavy atom. The number of amides is 1. The van der Waals surface area contributed by atoms with Crippen LogP contribution in [0.5, 0.6) is 0 Å². The van der Waals surface area contributed by atoms with E-state index in [1.54, 1.807) is 24.3 Å². The SMILES string of the molecule is CCNC(=NCCNC(=O)c1ccccc1Cl)N(C)Cc1cccn1C. The van der Waals surface area contributed by atoms with E-state index in [9.17, 15) is 4.79 Å². The van der Waals surface area contributed by atoms with Crippen molar-refractivity contribution in [3.8, 4) is 0 Å². The summed E-state index contributed by atoms with van der Waals surface area (Å²) in [5.41, 5.74) is 1.68. The fraction of sp³-hybridized carbons (Fsp3) is 0.368. The number of carbonyl (C=O) groups excluding carboxylic acids is 1. The molecule has 0 radical (unpaired) electrons. The van der Waals surface area contributed by atoms with Crippen LogP contribution in [0.1, 0.15) is 23.0 Å². The summed E-state index contributed by atoms with van der Waals surface area (Å²) in [5, 5.41) is 6.57. The Labute approximate surface area is 159 Å². The maximum atomic E-state index is 12.1. The van der Waals surface area contributed by atoms with Crippen LogP contribution in [-0.2, 0) is 13.6 Å². The minimum absolute atomic E-state index is 0.187. The number of nitrogens with zero attached hydrogens (tertiary/aromatic N) is 3. The van der Waals surface area contributed by atoms with Crippen LogP contribution in [0.3, 0.4) is 0 Å². The molecule has 6 nitrogen and oxygen atoms in total. The van der Waals surface area contributed by atoms with Crippen molar-refractivity contribution in [2.24, 2.45) is 12.0 Å². The first kappa shape index (κ1) is 19.8. The van der Waals surface area contributed by atoms with Gasteiger partial charge in [-0.25, -0.2) is 0 Å². The van der Waals surface area contributed by atoms with Crippen molar-refractivity contribution in [3.63, 3.8) is 0 Å². The van der Waals surface area contributed by atoms with Crippen molar-refractivity contribution in [2.45, 2.75) is 13.5 Å². The van der Waals surface area contributed by atoms with Gasteiger partial charge in [0.25, 0.3) is 5.91 Å². The van der Waals surface area contributed by atoms with Crippen LogP contribution in [0.4, 0.5) is 0 Å². The number of halogens is 1. The molecule has 140 valence electrons. The predicted octanol–water partition coefficient (Wildman–Crippen LogP) is 2.51. The van der Waals surface area contributed by atoms with Crippen molar-refractivity contribution >= 4 is 23.5 Å². The molecule has 1 aromatic heterocycles. The summed E-state index contributed by atoms with van der Waals surface area (Å²) in [4.78, 5) is 18.8. The molecule has 2 aromatic rings. The lowest BCUT2D eigenvalue weighted by atomic mass is 10.2. The highest BCUT2D eigenvalue weighted by Crippen LogP contribution is 2.14. The third-order valence-electron chi connectivity index (χ3n) is 3.92. The van der Waals surface area contributed by atoms with E-state index in [-0.39, 0.29) is 5.91 Å². The second-order valence-corrected chi connectivity index (χ2v) is 6.35. The summed E-state index contributed by atoms with van der Waals surface area (Å²) in [6, 6.07) is 11.1. The Morgan fingerprint density at radius 3 is 2.65 bits per heavy atom. The molecule has 26 heavy (non-hydrogen) atoms. The molecule has 0 bridgehead atoms. The second kappa shape index (κ2) is 9.87. The molecule has 0 aliphatic rings. The molecule has 0 spiro atoms.